The minimum Gasteiger partial charge on any atom is -0.476 e. The summed E-state index contributed by atoms with van der Waals surface area (Å²) in [6.07, 6.45) is 2.01. The fraction of sp³-hybridized carbons (Fsp3) is 0.467. The van der Waals surface area contributed by atoms with Gasteiger partial charge in [0.15, 0.2) is 5.69 Å². The van der Waals surface area contributed by atoms with E-state index in [0.29, 0.717) is 25.5 Å². The molecule has 9 nitrogen and oxygen atoms in total. The maximum absolute atomic E-state index is 12.6. The Balaban J connectivity index is 1.74. The number of carbonyl (C=O) groups excluding carboxylic acids is 1. The lowest BCUT2D eigenvalue weighted by molar-refractivity contribution is -0.141. The largest absolute Gasteiger partial charge is 0.476 e. The number of nitrogens with zero attached hydrogens (tertiary/aromatic N) is 4. The van der Waals surface area contributed by atoms with Gasteiger partial charge in [-0.2, -0.15) is 0 Å². The van der Waals surface area contributed by atoms with Gasteiger partial charge >= 0.3 is 5.97 Å². The van der Waals surface area contributed by atoms with Crippen molar-refractivity contribution in [3.63, 3.8) is 0 Å². The number of aromatic carboxylic acids is 1. The van der Waals surface area contributed by atoms with Crippen molar-refractivity contribution in [2.45, 2.75) is 25.9 Å². The molecule has 9 heteroatoms. The van der Waals surface area contributed by atoms with Gasteiger partial charge in [-0.05, 0) is 12.1 Å². The molecule has 24 heavy (non-hydrogen) atoms. The van der Waals surface area contributed by atoms with E-state index in [-0.39, 0.29) is 24.2 Å². The summed E-state index contributed by atoms with van der Waals surface area (Å²) in [6.45, 7) is 3.15. The second kappa shape index (κ2) is 6.83. The third-order valence-corrected chi connectivity index (χ3v) is 3.86. The van der Waals surface area contributed by atoms with Gasteiger partial charge in [0.1, 0.15) is 24.1 Å². The van der Waals surface area contributed by atoms with E-state index < -0.39 is 5.97 Å². The molecule has 1 amide bonds. The molecule has 128 valence electrons. The number of morpholine rings is 1. The fourth-order valence-electron chi connectivity index (χ4n) is 2.60. The van der Waals surface area contributed by atoms with Gasteiger partial charge in [0.25, 0.3) is 0 Å². The molecule has 1 fully saturated rings. The Bertz CT molecular complexity index is 738. The number of aromatic nitrogens is 3. The highest BCUT2D eigenvalue weighted by atomic mass is 16.5. The summed E-state index contributed by atoms with van der Waals surface area (Å²) in [7, 11) is 0. The van der Waals surface area contributed by atoms with E-state index in [4.69, 9.17) is 14.3 Å². The first-order valence-corrected chi connectivity index (χ1v) is 7.67. The number of rotatable bonds is 5. The van der Waals surface area contributed by atoms with E-state index in [2.05, 4.69) is 10.3 Å². The van der Waals surface area contributed by atoms with E-state index >= 15 is 0 Å². The summed E-state index contributed by atoms with van der Waals surface area (Å²) in [4.78, 5) is 25.1. The van der Waals surface area contributed by atoms with Crippen LogP contribution in [0.4, 0.5) is 0 Å². The van der Waals surface area contributed by atoms with Crippen molar-refractivity contribution in [1.82, 2.24) is 19.9 Å². The number of carbonyl (C=O) groups is 2. The quantitative estimate of drug-likeness (QED) is 0.858. The van der Waals surface area contributed by atoms with Gasteiger partial charge < -0.3 is 19.2 Å². The molecule has 0 aliphatic carbocycles. The number of carboxylic acids is 1. The van der Waals surface area contributed by atoms with E-state index in [1.54, 1.807) is 4.90 Å². The topological polar surface area (TPSA) is 111 Å². The summed E-state index contributed by atoms with van der Waals surface area (Å²) in [6, 6.07) is 3.45. The number of carboxylic acid groups (broad SMARTS) is 1. The number of furan rings is 1. The lowest BCUT2D eigenvalue weighted by Crippen LogP contribution is -2.44. The second-order valence-electron chi connectivity index (χ2n) is 5.44. The van der Waals surface area contributed by atoms with Crippen LogP contribution in [0.1, 0.15) is 35.0 Å². The molecule has 1 saturated heterocycles. The first kappa shape index (κ1) is 16.2. The van der Waals surface area contributed by atoms with Crippen LogP contribution in [0, 0.1) is 0 Å². The molecule has 1 aliphatic rings. The van der Waals surface area contributed by atoms with Crippen LogP contribution in [0.15, 0.2) is 22.7 Å². The maximum atomic E-state index is 12.6. The Morgan fingerprint density at radius 1 is 1.42 bits per heavy atom. The summed E-state index contributed by atoms with van der Waals surface area (Å²) < 4.78 is 12.5. The summed E-state index contributed by atoms with van der Waals surface area (Å²) in [5, 5.41) is 16.0. The maximum Gasteiger partial charge on any atom is 0.358 e. The Morgan fingerprint density at radius 2 is 2.25 bits per heavy atom. The highest BCUT2D eigenvalue weighted by molar-refractivity contribution is 5.84. The van der Waals surface area contributed by atoms with Crippen molar-refractivity contribution >= 4 is 11.9 Å². The predicted octanol–water partition coefficient (Wildman–Crippen LogP) is 0.732. The number of aryl methyl sites for hydroxylation is 1. The van der Waals surface area contributed by atoms with Crippen LogP contribution < -0.4 is 0 Å². The van der Waals surface area contributed by atoms with E-state index in [1.807, 2.05) is 19.1 Å². The lowest BCUT2D eigenvalue weighted by atomic mass is 10.1. The molecule has 0 bridgehead atoms. The van der Waals surface area contributed by atoms with Gasteiger partial charge in [-0.3, -0.25) is 4.79 Å². The molecule has 2 aromatic heterocycles. The lowest BCUT2D eigenvalue weighted by Gasteiger charge is -2.34. The smallest absolute Gasteiger partial charge is 0.358 e. The zero-order valence-electron chi connectivity index (χ0n) is 13.2. The van der Waals surface area contributed by atoms with Gasteiger partial charge in [-0.15, -0.1) is 5.10 Å². The van der Waals surface area contributed by atoms with Crippen molar-refractivity contribution in [3.8, 4) is 0 Å². The minimum atomic E-state index is -1.18. The second-order valence-corrected chi connectivity index (χ2v) is 5.44. The third kappa shape index (κ3) is 3.30. The molecule has 1 N–H and O–H groups in total. The van der Waals surface area contributed by atoms with Crippen LogP contribution in [0.3, 0.4) is 0 Å². The molecule has 1 aliphatic heterocycles. The SMILES string of the molecule is CCc1ccc(C2COCCN2C(=O)Cn2cc(C(=O)O)nn2)o1. The minimum absolute atomic E-state index is 0.0852. The van der Waals surface area contributed by atoms with Crippen LogP contribution >= 0.6 is 0 Å². The molecule has 0 radical (unpaired) electrons. The summed E-state index contributed by atoms with van der Waals surface area (Å²) in [5.74, 6) is 0.162. The Morgan fingerprint density at radius 3 is 2.92 bits per heavy atom. The molecule has 0 aromatic carbocycles. The van der Waals surface area contributed by atoms with E-state index in [1.165, 1.54) is 10.9 Å². The van der Waals surface area contributed by atoms with E-state index in [9.17, 15) is 9.59 Å². The average molecular weight is 334 g/mol. The molecule has 3 heterocycles. The van der Waals surface area contributed by atoms with Crippen LogP contribution in [0.5, 0.6) is 0 Å². The van der Waals surface area contributed by atoms with Crippen molar-refractivity contribution in [2.75, 3.05) is 19.8 Å². The van der Waals surface area contributed by atoms with Crippen LogP contribution in [-0.2, 0) is 22.5 Å². The van der Waals surface area contributed by atoms with Gasteiger partial charge in [-0.25, -0.2) is 9.48 Å². The van der Waals surface area contributed by atoms with Crippen LogP contribution in [0.25, 0.3) is 0 Å². The molecule has 1 unspecified atom stereocenters. The number of amides is 1. The Kier molecular flexibility index (Phi) is 4.61. The van der Waals surface area contributed by atoms with Crippen LogP contribution in [0.2, 0.25) is 0 Å². The van der Waals surface area contributed by atoms with Crippen molar-refractivity contribution in [1.29, 1.82) is 0 Å². The van der Waals surface area contributed by atoms with Gasteiger partial charge in [0, 0.05) is 13.0 Å². The fourth-order valence-corrected chi connectivity index (χ4v) is 2.60. The van der Waals surface area contributed by atoms with Gasteiger partial charge in [0.2, 0.25) is 5.91 Å². The normalized spacial score (nSPS) is 17.9. The molecule has 1 atom stereocenters. The first-order chi connectivity index (χ1) is 11.6. The average Bonchev–Trinajstić information content (AvgIpc) is 3.24. The highest BCUT2D eigenvalue weighted by Gasteiger charge is 2.31. The first-order valence-electron chi connectivity index (χ1n) is 7.67. The molecule has 3 rings (SSSR count). The highest BCUT2D eigenvalue weighted by Crippen LogP contribution is 2.26. The molecule has 0 spiro atoms. The summed E-state index contributed by atoms with van der Waals surface area (Å²) >= 11 is 0. The number of hydrogen-bond acceptors (Lipinski definition) is 6. The monoisotopic (exact) mass is 334 g/mol. The molecular weight excluding hydrogens is 316 g/mol. The molecular formula is C15H18N4O5. The van der Waals surface area contributed by atoms with E-state index in [0.717, 1.165) is 12.2 Å². The number of hydrogen-bond donors (Lipinski definition) is 1. The van der Waals surface area contributed by atoms with Crippen LogP contribution in [-0.4, -0.2) is 56.6 Å². The van der Waals surface area contributed by atoms with Gasteiger partial charge in [0.05, 0.1) is 19.4 Å². The van der Waals surface area contributed by atoms with Crippen molar-refractivity contribution < 1.29 is 23.8 Å². The molecule has 2 aromatic rings. The Labute approximate surface area is 137 Å². The zero-order chi connectivity index (χ0) is 17.1. The standard InChI is InChI=1S/C15H18N4O5/c1-2-10-3-4-13(24-10)12-9-23-6-5-19(12)14(20)8-18-7-11(15(21)22)16-17-18/h3-4,7,12H,2,5-6,8-9H2,1H3,(H,21,22). The third-order valence-electron chi connectivity index (χ3n) is 3.86. The summed E-state index contributed by atoms with van der Waals surface area (Å²) in [5.41, 5.74) is -0.194. The predicted molar refractivity (Wildman–Crippen MR) is 80.3 cm³/mol. The van der Waals surface area contributed by atoms with Crippen molar-refractivity contribution in [3.05, 3.63) is 35.5 Å². The number of ether oxygens (including phenoxy) is 1. The zero-order valence-corrected chi connectivity index (χ0v) is 13.2. The Hall–Kier alpha value is -2.68. The van der Waals surface area contributed by atoms with Gasteiger partial charge in [-0.1, -0.05) is 12.1 Å². The molecule has 0 saturated carbocycles. The van der Waals surface area contributed by atoms with Crippen molar-refractivity contribution in [2.24, 2.45) is 0 Å².